The number of para-hydroxylation sites is 2. The number of nitrogens with one attached hydrogen (secondary N) is 1. The average molecular weight is 276 g/mol. The summed E-state index contributed by atoms with van der Waals surface area (Å²) < 4.78 is 0. The molecule has 0 atom stereocenters. The molecule has 1 fully saturated rings. The van der Waals surface area contributed by atoms with Crippen LogP contribution >= 0.6 is 0 Å². The van der Waals surface area contributed by atoms with Crippen LogP contribution in [0.5, 0.6) is 0 Å². The topological polar surface area (TPSA) is 86.7 Å². The lowest BCUT2D eigenvalue weighted by Gasteiger charge is -2.19. The van der Waals surface area contributed by atoms with Gasteiger partial charge in [0, 0.05) is 19.4 Å². The predicted octanol–water partition coefficient (Wildman–Crippen LogP) is 1.62. The zero-order valence-electron chi connectivity index (χ0n) is 11.0. The number of hydrogen-bond acceptors (Lipinski definition) is 3. The van der Waals surface area contributed by atoms with Crippen molar-refractivity contribution in [2.75, 3.05) is 16.8 Å². The third-order valence-corrected chi connectivity index (χ3v) is 3.11. The summed E-state index contributed by atoms with van der Waals surface area (Å²) >= 11 is 0. The molecule has 2 N–H and O–H groups in total. The molecule has 1 aliphatic rings. The Morgan fingerprint density at radius 3 is 2.65 bits per heavy atom. The van der Waals surface area contributed by atoms with Crippen molar-refractivity contribution in [3.05, 3.63) is 24.3 Å². The van der Waals surface area contributed by atoms with Gasteiger partial charge in [-0.1, -0.05) is 12.1 Å². The molecule has 1 saturated heterocycles. The highest BCUT2D eigenvalue weighted by atomic mass is 16.4. The zero-order chi connectivity index (χ0) is 14.5. The van der Waals surface area contributed by atoms with E-state index >= 15 is 0 Å². The number of carboxylic acids is 1. The van der Waals surface area contributed by atoms with E-state index in [0.29, 0.717) is 24.3 Å². The number of aliphatic carboxylic acids is 1. The molecule has 0 bridgehead atoms. The van der Waals surface area contributed by atoms with Gasteiger partial charge in [-0.2, -0.15) is 0 Å². The second kappa shape index (κ2) is 6.18. The fourth-order valence-electron chi connectivity index (χ4n) is 2.15. The Hall–Kier alpha value is -2.37. The van der Waals surface area contributed by atoms with Gasteiger partial charge in [0.25, 0.3) is 0 Å². The number of hydrogen-bond donors (Lipinski definition) is 2. The van der Waals surface area contributed by atoms with E-state index in [0.717, 1.165) is 6.42 Å². The largest absolute Gasteiger partial charge is 0.481 e. The molecule has 6 nitrogen and oxygen atoms in total. The van der Waals surface area contributed by atoms with Gasteiger partial charge in [0.2, 0.25) is 11.8 Å². The van der Waals surface area contributed by atoms with Crippen LogP contribution in [0.1, 0.15) is 25.7 Å². The van der Waals surface area contributed by atoms with E-state index in [1.54, 1.807) is 29.2 Å². The molecule has 0 unspecified atom stereocenters. The lowest BCUT2D eigenvalue weighted by molar-refractivity contribution is -0.138. The van der Waals surface area contributed by atoms with Crippen LogP contribution in [0.15, 0.2) is 24.3 Å². The highest BCUT2D eigenvalue weighted by molar-refractivity contribution is 6.02. The minimum absolute atomic E-state index is 0.0391. The number of carbonyl (C=O) groups is 3. The Morgan fingerprint density at radius 2 is 2.00 bits per heavy atom. The monoisotopic (exact) mass is 276 g/mol. The normalized spacial score (nSPS) is 14.4. The van der Waals surface area contributed by atoms with Crippen molar-refractivity contribution >= 4 is 29.2 Å². The maximum atomic E-state index is 11.8. The first-order valence-corrected chi connectivity index (χ1v) is 6.49. The summed E-state index contributed by atoms with van der Waals surface area (Å²) in [6.45, 7) is 0.640. The highest BCUT2D eigenvalue weighted by Crippen LogP contribution is 2.29. The van der Waals surface area contributed by atoms with Gasteiger partial charge in [-0.3, -0.25) is 14.4 Å². The molecular formula is C14H16N2O4. The number of rotatable bonds is 5. The lowest BCUT2D eigenvalue weighted by Crippen LogP contribution is -2.25. The van der Waals surface area contributed by atoms with Crippen LogP contribution in [0.3, 0.4) is 0 Å². The maximum Gasteiger partial charge on any atom is 0.303 e. The number of anilines is 2. The number of amides is 2. The number of nitrogens with zero attached hydrogens (tertiary/aromatic N) is 1. The lowest BCUT2D eigenvalue weighted by atomic mass is 10.2. The average Bonchev–Trinajstić information content (AvgIpc) is 2.83. The van der Waals surface area contributed by atoms with Crippen molar-refractivity contribution in [1.29, 1.82) is 0 Å². The minimum atomic E-state index is -1.01. The van der Waals surface area contributed by atoms with Crippen LogP contribution in [0, 0.1) is 0 Å². The number of benzene rings is 1. The van der Waals surface area contributed by atoms with Crippen molar-refractivity contribution in [3.8, 4) is 0 Å². The highest BCUT2D eigenvalue weighted by Gasteiger charge is 2.24. The molecule has 1 aromatic carbocycles. The second-order valence-corrected chi connectivity index (χ2v) is 4.61. The quantitative estimate of drug-likeness (QED) is 0.855. The van der Waals surface area contributed by atoms with E-state index in [9.17, 15) is 14.4 Å². The third-order valence-electron chi connectivity index (χ3n) is 3.11. The Balaban J connectivity index is 2.10. The predicted molar refractivity (Wildman–Crippen MR) is 73.5 cm³/mol. The van der Waals surface area contributed by atoms with Gasteiger partial charge >= 0.3 is 5.97 Å². The van der Waals surface area contributed by atoms with Crippen molar-refractivity contribution in [1.82, 2.24) is 0 Å². The zero-order valence-corrected chi connectivity index (χ0v) is 11.0. The first-order valence-electron chi connectivity index (χ1n) is 6.49. The van der Waals surface area contributed by atoms with Crippen LogP contribution in [-0.4, -0.2) is 29.4 Å². The maximum absolute atomic E-state index is 11.8. The molecule has 20 heavy (non-hydrogen) atoms. The van der Waals surface area contributed by atoms with Gasteiger partial charge in [-0.05, 0) is 18.6 Å². The van der Waals surface area contributed by atoms with E-state index < -0.39 is 5.97 Å². The van der Waals surface area contributed by atoms with Crippen molar-refractivity contribution in [2.45, 2.75) is 25.7 Å². The number of carbonyl (C=O) groups excluding carboxylic acids is 2. The van der Waals surface area contributed by atoms with Crippen LogP contribution in [0.2, 0.25) is 0 Å². The summed E-state index contributed by atoms with van der Waals surface area (Å²) in [7, 11) is 0. The van der Waals surface area contributed by atoms with E-state index in [4.69, 9.17) is 5.11 Å². The second-order valence-electron chi connectivity index (χ2n) is 4.61. The van der Waals surface area contributed by atoms with E-state index in [2.05, 4.69) is 5.32 Å². The Bertz CT molecular complexity index is 542. The molecule has 106 valence electrons. The Labute approximate surface area is 116 Å². The van der Waals surface area contributed by atoms with Crippen LogP contribution < -0.4 is 10.2 Å². The molecule has 2 rings (SSSR count). The summed E-state index contributed by atoms with van der Waals surface area (Å²) in [6, 6.07) is 7.04. The molecular weight excluding hydrogens is 260 g/mol. The molecule has 6 heteroatoms. The third kappa shape index (κ3) is 3.34. The Morgan fingerprint density at radius 1 is 1.25 bits per heavy atom. The standard InChI is InChI=1S/C14H16N2O4/c17-12(7-8-14(19)20)15-10-4-1-2-5-11(10)16-9-3-6-13(16)18/h1-2,4-5H,3,6-9H2,(H,15,17)(H,19,20). The summed E-state index contributed by atoms with van der Waals surface area (Å²) in [5.74, 6) is -1.34. The van der Waals surface area contributed by atoms with Crippen molar-refractivity contribution in [2.24, 2.45) is 0 Å². The summed E-state index contributed by atoms with van der Waals surface area (Å²) in [6.07, 6.45) is 1.02. The fraction of sp³-hybridized carbons (Fsp3) is 0.357. The fourth-order valence-corrected chi connectivity index (χ4v) is 2.15. The van der Waals surface area contributed by atoms with Gasteiger partial charge in [0.1, 0.15) is 0 Å². The van der Waals surface area contributed by atoms with Gasteiger partial charge in [-0.25, -0.2) is 0 Å². The van der Waals surface area contributed by atoms with E-state index in [1.807, 2.05) is 0 Å². The SMILES string of the molecule is O=C(O)CCC(=O)Nc1ccccc1N1CCCC1=O. The van der Waals surface area contributed by atoms with E-state index in [-0.39, 0.29) is 24.7 Å². The minimum Gasteiger partial charge on any atom is -0.481 e. The summed E-state index contributed by atoms with van der Waals surface area (Å²) in [4.78, 5) is 35.5. The molecule has 1 heterocycles. The van der Waals surface area contributed by atoms with Gasteiger partial charge < -0.3 is 15.3 Å². The van der Waals surface area contributed by atoms with Crippen LogP contribution in [-0.2, 0) is 14.4 Å². The van der Waals surface area contributed by atoms with E-state index in [1.165, 1.54) is 0 Å². The summed E-state index contributed by atoms with van der Waals surface area (Å²) in [5, 5.41) is 11.2. The van der Waals surface area contributed by atoms with Crippen molar-refractivity contribution < 1.29 is 19.5 Å². The molecule has 0 aromatic heterocycles. The molecule has 1 aliphatic heterocycles. The first kappa shape index (κ1) is 14.0. The smallest absolute Gasteiger partial charge is 0.303 e. The first-order chi connectivity index (χ1) is 9.58. The summed E-state index contributed by atoms with van der Waals surface area (Å²) in [5.41, 5.74) is 1.21. The van der Waals surface area contributed by atoms with Crippen LogP contribution in [0.4, 0.5) is 11.4 Å². The molecule has 0 saturated carbocycles. The van der Waals surface area contributed by atoms with Crippen LogP contribution in [0.25, 0.3) is 0 Å². The molecule has 0 spiro atoms. The van der Waals surface area contributed by atoms with Crippen molar-refractivity contribution in [3.63, 3.8) is 0 Å². The Kier molecular flexibility index (Phi) is 4.34. The molecule has 0 aliphatic carbocycles. The van der Waals surface area contributed by atoms with Gasteiger partial charge in [-0.15, -0.1) is 0 Å². The van der Waals surface area contributed by atoms with Gasteiger partial charge in [0.05, 0.1) is 17.8 Å². The van der Waals surface area contributed by atoms with Gasteiger partial charge in [0.15, 0.2) is 0 Å². The molecule has 1 aromatic rings. The molecule has 0 radical (unpaired) electrons. The molecule has 2 amide bonds. The number of carboxylic acid groups (broad SMARTS) is 1.